The number of ether oxygens (including phenoxy) is 1. The van der Waals surface area contributed by atoms with Crippen molar-refractivity contribution >= 4 is 28.5 Å². The molecule has 0 fully saturated rings. The van der Waals surface area contributed by atoms with Crippen molar-refractivity contribution in [1.82, 2.24) is 0 Å². The summed E-state index contributed by atoms with van der Waals surface area (Å²) in [6.45, 7) is 1.40. The van der Waals surface area contributed by atoms with Crippen LogP contribution in [0.15, 0.2) is 59.0 Å². The first kappa shape index (κ1) is 15.7. The predicted molar refractivity (Wildman–Crippen MR) is 86.1 cm³/mol. The number of benzene rings is 2. The maximum absolute atomic E-state index is 13.5. The van der Waals surface area contributed by atoms with Crippen LogP contribution in [-0.4, -0.2) is 18.0 Å². The van der Waals surface area contributed by atoms with E-state index in [0.29, 0.717) is 5.58 Å². The number of fused-ring (bicyclic) bond motifs is 1. The van der Waals surface area contributed by atoms with Gasteiger partial charge in [-0.2, -0.15) is 0 Å². The Morgan fingerprint density at radius 1 is 1.12 bits per heavy atom. The van der Waals surface area contributed by atoms with Gasteiger partial charge in [0, 0.05) is 5.39 Å². The zero-order chi connectivity index (χ0) is 17.1. The Morgan fingerprint density at radius 3 is 2.58 bits per heavy atom. The molecule has 0 aliphatic rings. The second-order valence-electron chi connectivity index (χ2n) is 5.17. The predicted octanol–water partition coefficient (Wildman–Crippen LogP) is 3.76. The SMILES string of the molecule is C[C@@H](OC(=O)c1cc2ccccc2o1)C(=O)Nc1ccccc1F. The third kappa shape index (κ3) is 3.27. The molecule has 3 aromatic rings. The van der Waals surface area contributed by atoms with Gasteiger partial charge in [0.2, 0.25) is 5.76 Å². The van der Waals surface area contributed by atoms with Crippen molar-refractivity contribution in [3.8, 4) is 0 Å². The van der Waals surface area contributed by atoms with Gasteiger partial charge in [-0.1, -0.05) is 30.3 Å². The molecule has 122 valence electrons. The normalized spacial score (nSPS) is 11.9. The highest BCUT2D eigenvalue weighted by molar-refractivity contribution is 5.98. The molecule has 0 spiro atoms. The van der Waals surface area contributed by atoms with Crippen molar-refractivity contribution in [3.63, 3.8) is 0 Å². The van der Waals surface area contributed by atoms with Crippen LogP contribution in [0.2, 0.25) is 0 Å². The number of esters is 1. The van der Waals surface area contributed by atoms with Gasteiger partial charge in [0.1, 0.15) is 11.4 Å². The molecule has 1 atom stereocenters. The summed E-state index contributed by atoms with van der Waals surface area (Å²) in [4.78, 5) is 24.1. The highest BCUT2D eigenvalue weighted by atomic mass is 19.1. The van der Waals surface area contributed by atoms with E-state index in [4.69, 9.17) is 9.15 Å². The molecule has 24 heavy (non-hydrogen) atoms. The van der Waals surface area contributed by atoms with E-state index in [1.807, 2.05) is 6.07 Å². The number of anilines is 1. The number of para-hydroxylation sites is 2. The van der Waals surface area contributed by atoms with E-state index in [1.165, 1.54) is 25.1 Å². The highest BCUT2D eigenvalue weighted by Crippen LogP contribution is 2.20. The van der Waals surface area contributed by atoms with Crippen LogP contribution in [0.5, 0.6) is 0 Å². The highest BCUT2D eigenvalue weighted by Gasteiger charge is 2.22. The van der Waals surface area contributed by atoms with Gasteiger partial charge in [-0.05, 0) is 31.2 Å². The summed E-state index contributed by atoms with van der Waals surface area (Å²) in [7, 11) is 0. The first-order valence-electron chi connectivity index (χ1n) is 7.29. The van der Waals surface area contributed by atoms with E-state index in [-0.39, 0.29) is 11.4 Å². The van der Waals surface area contributed by atoms with E-state index in [1.54, 1.807) is 30.3 Å². The molecular weight excluding hydrogens is 313 g/mol. The molecular formula is C18H14FNO4. The molecule has 1 N–H and O–H groups in total. The number of hydrogen-bond acceptors (Lipinski definition) is 4. The molecule has 6 heteroatoms. The number of furan rings is 1. The summed E-state index contributed by atoms with van der Waals surface area (Å²) in [6, 6.07) is 14.4. The van der Waals surface area contributed by atoms with Gasteiger partial charge in [0.25, 0.3) is 5.91 Å². The number of rotatable bonds is 4. The third-order valence-electron chi connectivity index (χ3n) is 3.41. The summed E-state index contributed by atoms with van der Waals surface area (Å²) in [5.41, 5.74) is 0.571. The number of carbonyl (C=O) groups excluding carboxylic acids is 2. The van der Waals surface area contributed by atoms with Crippen LogP contribution in [0.25, 0.3) is 11.0 Å². The number of carbonyl (C=O) groups is 2. The van der Waals surface area contributed by atoms with Crippen LogP contribution in [0.3, 0.4) is 0 Å². The van der Waals surface area contributed by atoms with Gasteiger partial charge >= 0.3 is 5.97 Å². The lowest BCUT2D eigenvalue weighted by molar-refractivity contribution is -0.123. The molecule has 1 aromatic heterocycles. The zero-order valence-electron chi connectivity index (χ0n) is 12.8. The Balaban J connectivity index is 1.67. The van der Waals surface area contributed by atoms with Gasteiger partial charge < -0.3 is 14.5 Å². The molecule has 3 rings (SSSR count). The lowest BCUT2D eigenvalue weighted by Crippen LogP contribution is -2.30. The number of halogens is 1. The van der Waals surface area contributed by atoms with E-state index in [2.05, 4.69) is 5.32 Å². The Labute approximate surface area is 137 Å². The minimum absolute atomic E-state index is 0.00161. The number of amides is 1. The fourth-order valence-electron chi connectivity index (χ4n) is 2.15. The van der Waals surface area contributed by atoms with Crippen molar-refractivity contribution in [2.45, 2.75) is 13.0 Å². The molecule has 0 radical (unpaired) electrons. The molecule has 1 heterocycles. The minimum Gasteiger partial charge on any atom is -0.449 e. The van der Waals surface area contributed by atoms with Gasteiger partial charge in [-0.3, -0.25) is 4.79 Å². The van der Waals surface area contributed by atoms with Crippen LogP contribution in [0.4, 0.5) is 10.1 Å². The Hall–Kier alpha value is -3.15. The molecule has 0 saturated carbocycles. The summed E-state index contributed by atoms with van der Waals surface area (Å²) < 4.78 is 24.0. The Bertz CT molecular complexity index is 870. The van der Waals surface area contributed by atoms with Crippen molar-refractivity contribution < 1.29 is 23.1 Å². The van der Waals surface area contributed by atoms with Crippen molar-refractivity contribution in [3.05, 3.63) is 66.2 Å². The molecule has 0 aliphatic heterocycles. The lowest BCUT2D eigenvalue weighted by atomic mass is 10.2. The summed E-state index contributed by atoms with van der Waals surface area (Å²) in [5.74, 6) is -1.96. The van der Waals surface area contributed by atoms with Gasteiger partial charge in [-0.15, -0.1) is 0 Å². The quantitative estimate of drug-likeness (QED) is 0.741. The van der Waals surface area contributed by atoms with Gasteiger partial charge in [-0.25, -0.2) is 9.18 Å². The summed E-state index contributed by atoms with van der Waals surface area (Å²) in [5, 5.41) is 3.13. The second kappa shape index (κ2) is 6.54. The fourth-order valence-corrected chi connectivity index (χ4v) is 2.15. The van der Waals surface area contributed by atoms with Crippen LogP contribution in [0, 0.1) is 5.82 Å². The molecule has 0 unspecified atom stereocenters. The molecule has 0 aliphatic carbocycles. The van der Waals surface area contributed by atoms with Gasteiger partial charge in [0.05, 0.1) is 5.69 Å². The van der Waals surface area contributed by atoms with Crippen molar-refractivity contribution in [1.29, 1.82) is 0 Å². The minimum atomic E-state index is -1.11. The van der Waals surface area contributed by atoms with Gasteiger partial charge in [0.15, 0.2) is 6.10 Å². The molecule has 0 saturated heterocycles. The topological polar surface area (TPSA) is 68.5 Å². The molecule has 1 amide bonds. The van der Waals surface area contributed by atoms with E-state index in [0.717, 1.165) is 5.39 Å². The summed E-state index contributed by atoms with van der Waals surface area (Å²) >= 11 is 0. The van der Waals surface area contributed by atoms with E-state index >= 15 is 0 Å². The lowest BCUT2D eigenvalue weighted by Gasteiger charge is -2.13. The standard InChI is InChI=1S/C18H14FNO4/c1-11(17(21)20-14-8-4-3-7-13(14)19)23-18(22)16-10-12-6-2-5-9-15(12)24-16/h2-11H,1H3,(H,20,21)/t11-/m1/s1. The average molecular weight is 327 g/mol. The third-order valence-corrected chi connectivity index (χ3v) is 3.41. The maximum atomic E-state index is 13.5. The Kier molecular flexibility index (Phi) is 4.29. The molecule has 0 bridgehead atoms. The first-order chi connectivity index (χ1) is 11.5. The number of hydrogen-bond donors (Lipinski definition) is 1. The first-order valence-corrected chi connectivity index (χ1v) is 7.29. The van der Waals surface area contributed by atoms with Crippen molar-refractivity contribution in [2.75, 3.05) is 5.32 Å². The monoisotopic (exact) mass is 327 g/mol. The van der Waals surface area contributed by atoms with E-state index < -0.39 is 23.8 Å². The maximum Gasteiger partial charge on any atom is 0.375 e. The largest absolute Gasteiger partial charge is 0.449 e. The smallest absolute Gasteiger partial charge is 0.375 e. The molecule has 5 nitrogen and oxygen atoms in total. The van der Waals surface area contributed by atoms with Crippen LogP contribution in [-0.2, 0) is 9.53 Å². The molecule has 2 aromatic carbocycles. The Morgan fingerprint density at radius 2 is 1.83 bits per heavy atom. The average Bonchev–Trinajstić information content (AvgIpc) is 3.01. The summed E-state index contributed by atoms with van der Waals surface area (Å²) in [6.07, 6.45) is -1.11. The van der Waals surface area contributed by atoms with E-state index in [9.17, 15) is 14.0 Å². The fraction of sp³-hybridized carbons (Fsp3) is 0.111. The van der Waals surface area contributed by atoms with Crippen LogP contribution >= 0.6 is 0 Å². The van der Waals surface area contributed by atoms with Crippen LogP contribution < -0.4 is 5.32 Å². The second-order valence-corrected chi connectivity index (χ2v) is 5.17. The van der Waals surface area contributed by atoms with Crippen LogP contribution in [0.1, 0.15) is 17.5 Å². The van der Waals surface area contributed by atoms with Crippen molar-refractivity contribution in [2.24, 2.45) is 0 Å². The number of nitrogens with one attached hydrogen (secondary N) is 1. The zero-order valence-corrected chi connectivity index (χ0v) is 12.8.